The van der Waals surface area contributed by atoms with Crippen LogP contribution in [0, 0.1) is 0 Å². The van der Waals surface area contributed by atoms with E-state index in [1.165, 1.54) is 0 Å². The monoisotopic (exact) mass is 267 g/mol. The van der Waals surface area contributed by atoms with Crippen molar-refractivity contribution in [3.8, 4) is 0 Å². The van der Waals surface area contributed by atoms with Gasteiger partial charge in [0.2, 0.25) is 0 Å². The molecular formula is C6H14N2O2SY. The summed E-state index contributed by atoms with van der Waals surface area (Å²) in [6.07, 6.45) is 0. The zero-order valence-electron chi connectivity index (χ0n) is 7.27. The van der Waals surface area contributed by atoms with Gasteiger partial charge in [0, 0.05) is 58.9 Å². The van der Waals surface area contributed by atoms with E-state index in [0.717, 1.165) is 26.2 Å². The maximum atomic E-state index is 10.4. The van der Waals surface area contributed by atoms with Crippen LogP contribution < -0.4 is 0 Å². The summed E-state index contributed by atoms with van der Waals surface area (Å²) in [7, 11) is 2.06. The fourth-order valence-electron chi connectivity index (χ4n) is 1.13. The molecule has 4 nitrogen and oxygen atoms in total. The van der Waals surface area contributed by atoms with E-state index in [1.54, 1.807) is 0 Å². The van der Waals surface area contributed by atoms with E-state index < -0.39 is 11.1 Å². The van der Waals surface area contributed by atoms with Crippen LogP contribution in [0.2, 0.25) is 0 Å². The van der Waals surface area contributed by atoms with Crippen LogP contribution in [0.15, 0.2) is 0 Å². The van der Waals surface area contributed by atoms with Crippen LogP contribution in [0.3, 0.4) is 0 Å². The van der Waals surface area contributed by atoms with E-state index in [9.17, 15) is 4.21 Å². The number of piperazine rings is 1. The van der Waals surface area contributed by atoms with Crippen molar-refractivity contribution in [1.82, 2.24) is 9.80 Å². The SMILES string of the molecule is CN1CCN(CS(=O)O)CC1.[Y]. The Labute approximate surface area is 101 Å². The molecule has 0 amide bonds. The zero-order valence-corrected chi connectivity index (χ0v) is 10.9. The minimum Gasteiger partial charge on any atom is -0.305 e. The second-order valence-corrected chi connectivity index (χ2v) is 3.77. The summed E-state index contributed by atoms with van der Waals surface area (Å²) in [5.41, 5.74) is 0. The summed E-state index contributed by atoms with van der Waals surface area (Å²) in [5.74, 6) is 0.299. The van der Waals surface area contributed by atoms with E-state index in [4.69, 9.17) is 4.55 Å². The topological polar surface area (TPSA) is 43.8 Å². The second kappa shape index (κ2) is 6.57. The number of rotatable bonds is 2. The summed E-state index contributed by atoms with van der Waals surface area (Å²) in [6, 6.07) is 0. The third-order valence-corrected chi connectivity index (χ3v) is 2.47. The largest absolute Gasteiger partial charge is 0.305 e. The van der Waals surface area contributed by atoms with Gasteiger partial charge in [-0.25, -0.2) is 4.21 Å². The molecule has 6 heteroatoms. The molecule has 1 saturated heterocycles. The molecule has 0 spiro atoms. The van der Waals surface area contributed by atoms with Gasteiger partial charge < -0.3 is 9.45 Å². The molecular weight excluding hydrogens is 253 g/mol. The molecule has 0 aromatic rings. The van der Waals surface area contributed by atoms with Crippen LogP contribution in [-0.2, 0) is 43.8 Å². The van der Waals surface area contributed by atoms with Crippen molar-refractivity contribution < 1.29 is 41.5 Å². The van der Waals surface area contributed by atoms with Crippen molar-refractivity contribution in [3.05, 3.63) is 0 Å². The summed E-state index contributed by atoms with van der Waals surface area (Å²) in [5, 5.41) is 0. The zero-order chi connectivity index (χ0) is 8.27. The summed E-state index contributed by atoms with van der Waals surface area (Å²) < 4.78 is 19.0. The molecule has 1 atom stereocenters. The minimum atomic E-state index is -1.67. The van der Waals surface area contributed by atoms with Crippen molar-refractivity contribution in [2.45, 2.75) is 0 Å². The van der Waals surface area contributed by atoms with Gasteiger partial charge in [-0.2, -0.15) is 0 Å². The molecule has 69 valence electrons. The van der Waals surface area contributed by atoms with Crippen LogP contribution in [0.5, 0.6) is 0 Å². The van der Waals surface area contributed by atoms with Gasteiger partial charge in [-0.15, -0.1) is 0 Å². The third kappa shape index (κ3) is 4.99. The molecule has 1 rings (SSSR count). The van der Waals surface area contributed by atoms with Gasteiger partial charge in [-0.05, 0) is 7.05 Å². The van der Waals surface area contributed by atoms with Gasteiger partial charge >= 0.3 is 0 Å². The van der Waals surface area contributed by atoms with Gasteiger partial charge in [0.25, 0.3) is 0 Å². The Balaban J connectivity index is 0.00000121. The third-order valence-electron chi connectivity index (χ3n) is 1.89. The standard InChI is InChI=1S/C6H14N2O2S.Y/c1-7-2-4-8(5-3-7)6-11(9)10;/h2-6H2,1H3,(H,9,10);. The Morgan fingerprint density at radius 3 is 2.25 bits per heavy atom. The quantitative estimate of drug-likeness (QED) is 0.679. The van der Waals surface area contributed by atoms with Crippen molar-refractivity contribution in [1.29, 1.82) is 0 Å². The average molecular weight is 267 g/mol. The first-order chi connectivity index (χ1) is 5.18. The molecule has 0 saturated carbocycles. The molecule has 1 heterocycles. The molecule has 0 bridgehead atoms. The summed E-state index contributed by atoms with van der Waals surface area (Å²) >= 11 is -1.67. The molecule has 0 aromatic carbocycles. The summed E-state index contributed by atoms with van der Waals surface area (Å²) in [4.78, 5) is 4.23. The molecule has 1 radical (unpaired) electrons. The fraction of sp³-hybridized carbons (Fsp3) is 1.00. The van der Waals surface area contributed by atoms with Gasteiger partial charge in [0.05, 0.1) is 0 Å². The van der Waals surface area contributed by atoms with E-state index >= 15 is 0 Å². The number of nitrogens with zero attached hydrogens (tertiary/aromatic N) is 2. The van der Waals surface area contributed by atoms with Crippen molar-refractivity contribution >= 4 is 11.1 Å². The van der Waals surface area contributed by atoms with E-state index in [2.05, 4.69) is 11.9 Å². The number of hydrogen-bond acceptors (Lipinski definition) is 3. The first-order valence-corrected chi connectivity index (χ1v) is 4.94. The molecule has 1 N–H and O–H groups in total. The Morgan fingerprint density at radius 2 is 1.83 bits per heavy atom. The van der Waals surface area contributed by atoms with E-state index in [-0.39, 0.29) is 32.7 Å². The molecule has 0 aliphatic carbocycles. The summed E-state index contributed by atoms with van der Waals surface area (Å²) in [6.45, 7) is 3.81. The maximum Gasteiger partial charge on any atom is 0.167 e. The maximum absolute atomic E-state index is 10.4. The van der Waals surface area contributed by atoms with Gasteiger partial charge in [0.15, 0.2) is 11.1 Å². The van der Waals surface area contributed by atoms with Crippen LogP contribution >= 0.6 is 0 Å². The smallest absolute Gasteiger partial charge is 0.167 e. The molecule has 1 unspecified atom stereocenters. The molecule has 1 aliphatic heterocycles. The Bertz CT molecular complexity index is 150. The molecule has 12 heavy (non-hydrogen) atoms. The van der Waals surface area contributed by atoms with Crippen molar-refractivity contribution in [3.63, 3.8) is 0 Å². The Hall–Kier alpha value is 1.13. The Morgan fingerprint density at radius 1 is 1.33 bits per heavy atom. The molecule has 1 fully saturated rings. The van der Waals surface area contributed by atoms with Crippen LogP contribution in [0.25, 0.3) is 0 Å². The van der Waals surface area contributed by atoms with Crippen molar-refractivity contribution in [2.75, 3.05) is 39.1 Å². The predicted octanol–water partition coefficient (Wildman–Crippen LogP) is -0.589. The van der Waals surface area contributed by atoms with Crippen molar-refractivity contribution in [2.24, 2.45) is 0 Å². The average Bonchev–Trinajstić information content (AvgIpc) is 1.93. The van der Waals surface area contributed by atoms with E-state index in [1.807, 2.05) is 4.90 Å². The second-order valence-electron chi connectivity index (χ2n) is 2.87. The number of hydrogen-bond donors (Lipinski definition) is 1. The first kappa shape index (κ1) is 13.1. The van der Waals surface area contributed by atoms with E-state index in [0.29, 0.717) is 5.88 Å². The Kier molecular flexibility index (Phi) is 7.19. The van der Waals surface area contributed by atoms with Crippen LogP contribution in [-0.4, -0.2) is 57.7 Å². The van der Waals surface area contributed by atoms with Gasteiger partial charge in [-0.3, -0.25) is 4.90 Å². The van der Waals surface area contributed by atoms with Gasteiger partial charge in [-0.1, -0.05) is 0 Å². The number of likely N-dealkylation sites (N-methyl/N-ethyl adjacent to an activating group) is 1. The minimum absolute atomic E-state index is 0. The van der Waals surface area contributed by atoms with Crippen LogP contribution in [0.1, 0.15) is 0 Å². The van der Waals surface area contributed by atoms with Crippen LogP contribution in [0.4, 0.5) is 0 Å². The molecule has 1 aliphatic rings. The normalized spacial score (nSPS) is 23.2. The fourth-order valence-corrected chi connectivity index (χ4v) is 1.70. The first-order valence-electron chi connectivity index (χ1n) is 3.67. The molecule has 0 aromatic heterocycles. The van der Waals surface area contributed by atoms with Gasteiger partial charge in [0.1, 0.15) is 5.88 Å². The predicted molar refractivity (Wildman–Crippen MR) is 44.7 cm³/mol.